The summed E-state index contributed by atoms with van der Waals surface area (Å²) in [5.74, 6) is 1.22. The molecule has 0 bridgehead atoms. The second kappa shape index (κ2) is 9.76. The fraction of sp³-hybridized carbons (Fsp3) is 0.462. The van der Waals surface area contributed by atoms with Crippen LogP contribution in [0.3, 0.4) is 0 Å². The van der Waals surface area contributed by atoms with Crippen LogP contribution in [0.5, 0.6) is 0 Å². The van der Waals surface area contributed by atoms with Crippen LogP contribution in [0.25, 0.3) is 21.1 Å². The molecular formula is C26H32N8OS. The van der Waals surface area contributed by atoms with Gasteiger partial charge in [0.2, 0.25) is 5.91 Å². The van der Waals surface area contributed by atoms with Gasteiger partial charge in [0.05, 0.1) is 17.1 Å². The SMILES string of the molecule is CN(C)CCN1CCN(C(=O)C2CCc3c(sc4ncnc(Nc5ccc6[nH]ncc6c5)c34)C2)CC1. The second-order valence-corrected chi connectivity index (χ2v) is 11.2. The molecule has 36 heavy (non-hydrogen) atoms. The van der Waals surface area contributed by atoms with Crippen molar-refractivity contribution in [2.24, 2.45) is 5.92 Å². The van der Waals surface area contributed by atoms with Crippen molar-refractivity contribution in [3.05, 3.63) is 41.2 Å². The number of carbonyl (C=O) groups is 1. The number of amides is 1. The number of hydrogen-bond acceptors (Lipinski definition) is 8. The Morgan fingerprint density at radius 1 is 1.22 bits per heavy atom. The molecule has 1 unspecified atom stereocenters. The van der Waals surface area contributed by atoms with Crippen molar-refractivity contribution < 1.29 is 4.79 Å². The summed E-state index contributed by atoms with van der Waals surface area (Å²) in [4.78, 5) is 31.6. The number of aromatic nitrogens is 4. The van der Waals surface area contributed by atoms with Gasteiger partial charge >= 0.3 is 0 Å². The summed E-state index contributed by atoms with van der Waals surface area (Å²) in [6, 6.07) is 6.12. The molecule has 3 aromatic heterocycles. The van der Waals surface area contributed by atoms with E-state index in [4.69, 9.17) is 0 Å². The Kier molecular flexibility index (Phi) is 6.32. The van der Waals surface area contributed by atoms with Crippen molar-refractivity contribution in [1.29, 1.82) is 0 Å². The molecule has 9 nitrogen and oxygen atoms in total. The summed E-state index contributed by atoms with van der Waals surface area (Å²) in [6.45, 7) is 5.73. The van der Waals surface area contributed by atoms with E-state index >= 15 is 0 Å². The third-order valence-corrected chi connectivity index (χ3v) is 8.61. The molecule has 2 N–H and O–H groups in total. The number of likely N-dealkylation sites (N-methyl/N-ethyl adjacent to an activating group) is 1. The van der Waals surface area contributed by atoms with Gasteiger partial charge in [0, 0.05) is 61.1 Å². The maximum absolute atomic E-state index is 13.4. The molecule has 10 heteroatoms. The summed E-state index contributed by atoms with van der Waals surface area (Å²) in [6.07, 6.45) is 6.02. The summed E-state index contributed by atoms with van der Waals surface area (Å²) in [5, 5.41) is 12.8. The Morgan fingerprint density at radius 3 is 2.92 bits per heavy atom. The molecule has 0 saturated carbocycles. The van der Waals surface area contributed by atoms with Crippen molar-refractivity contribution in [1.82, 2.24) is 34.9 Å². The molecule has 4 aromatic rings. The average molecular weight is 505 g/mol. The largest absolute Gasteiger partial charge is 0.340 e. The van der Waals surface area contributed by atoms with E-state index in [-0.39, 0.29) is 5.92 Å². The zero-order chi connectivity index (χ0) is 24.6. The van der Waals surface area contributed by atoms with Crippen LogP contribution < -0.4 is 5.32 Å². The van der Waals surface area contributed by atoms with Crippen LogP contribution in [0.1, 0.15) is 16.9 Å². The molecule has 0 radical (unpaired) electrons. The number of carbonyl (C=O) groups excluding carboxylic acids is 1. The number of aromatic amines is 1. The number of thiophene rings is 1. The Hall–Kier alpha value is -3.08. The zero-order valence-electron chi connectivity index (χ0n) is 20.8. The highest BCUT2D eigenvalue weighted by molar-refractivity contribution is 7.19. The van der Waals surface area contributed by atoms with Gasteiger partial charge in [-0.05, 0) is 57.1 Å². The number of piperazine rings is 1. The molecule has 188 valence electrons. The molecule has 4 heterocycles. The van der Waals surface area contributed by atoms with Gasteiger partial charge in [-0.1, -0.05) is 0 Å². The lowest BCUT2D eigenvalue weighted by molar-refractivity contribution is -0.137. The van der Waals surface area contributed by atoms with Gasteiger partial charge in [-0.3, -0.25) is 14.8 Å². The highest BCUT2D eigenvalue weighted by Gasteiger charge is 2.32. The van der Waals surface area contributed by atoms with Gasteiger partial charge in [-0.15, -0.1) is 11.3 Å². The average Bonchev–Trinajstić information content (AvgIpc) is 3.51. The van der Waals surface area contributed by atoms with Crippen molar-refractivity contribution in [3.63, 3.8) is 0 Å². The van der Waals surface area contributed by atoms with Crippen LogP contribution in [-0.2, 0) is 17.6 Å². The summed E-state index contributed by atoms with van der Waals surface area (Å²) < 4.78 is 0. The molecule has 2 aliphatic rings. The second-order valence-electron chi connectivity index (χ2n) is 10.1. The number of anilines is 2. The number of hydrogen-bond donors (Lipinski definition) is 2. The van der Waals surface area contributed by atoms with Gasteiger partial charge in [0.1, 0.15) is 17.0 Å². The molecule has 1 fully saturated rings. The predicted molar refractivity (Wildman–Crippen MR) is 144 cm³/mol. The lowest BCUT2D eigenvalue weighted by Crippen LogP contribution is -2.51. The van der Waals surface area contributed by atoms with Crippen LogP contribution >= 0.6 is 11.3 Å². The number of H-pyrrole nitrogens is 1. The van der Waals surface area contributed by atoms with Crippen molar-refractivity contribution in [3.8, 4) is 0 Å². The third kappa shape index (κ3) is 4.56. The van der Waals surface area contributed by atoms with E-state index in [9.17, 15) is 4.79 Å². The maximum atomic E-state index is 13.4. The first-order chi connectivity index (χ1) is 17.5. The van der Waals surface area contributed by atoms with Crippen LogP contribution in [0.2, 0.25) is 0 Å². The van der Waals surface area contributed by atoms with Gasteiger partial charge < -0.3 is 15.1 Å². The van der Waals surface area contributed by atoms with Crippen LogP contribution in [0.15, 0.2) is 30.7 Å². The minimum absolute atomic E-state index is 0.0618. The van der Waals surface area contributed by atoms with E-state index in [0.29, 0.717) is 5.91 Å². The molecule has 1 amide bonds. The third-order valence-electron chi connectivity index (χ3n) is 7.44. The molecule has 1 aliphatic heterocycles. The molecular weight excluding hydrogens is 472 g/mol. The van der Waals surface area contributed by atoms with E-state index in [1.807, 2.05) is 18.3 Å². The summed E-state index contributed by atoms with van der Waals surface area (Å²) in [5.41, 5.74) is 3.28. The van der Waals surface area contributed by atoms with Gasteiger partial charge in [0.25, 0.3) is 0 Å². The first kappa shape index (κ1) is 23.3. The van der Waals surface area contributed by atoms with Crippen molar-refractivity contribution in [2.75, 3.05) is 58.7 Å². The molecule has 1 aromatic carbocycles. The Balaban J connectivity index is 1.16. The van der Waals surface area contributed by atoms with Crippen molar-refractivity contribution >= 4 is 49.9 Å². The highest BCUT2D eigenvalue weighted by Crippen LogP contribution is 2.41. The number of nitrogens with one attached hydrogen (secondary N) is 2. The Morgan fingerprint density at radius 2 is 2.08 bits per heavy atom. The normalized spacial score (nSPS) is 18.8. The highest BCUT2D eigenvalue weighted by atomic mass is 32.1. The lowest BCUT2D eigenvalue weighted by atomic mass is 9.86. The Labute approximate surface area is 214 Å². The first-order valence-corrected chi connectivity index (χ1v) is 13.5. The standard InChI is InChI=1S/C26H32N8OS/c1-32(2)7-8-33-9-11-34(12-10-33)26(35)17-3-5-20-22(14-17)36-25-23(20)24(27-16-28-25)30-19-4-6-21-18(13-19)15-29-31-21/h4,6,13,15-17H,3,5,7-12,14H2,1-2H3,(H,29,31)(H,27,28,30). The van der Waals surface area contributed by atoms with Gasteiger partial charge in [-0.25, -0.2) is 9.97 Å². The van der Waals surface area contributed by atoms with Gasteiger partial charge in [-0.2, -0.15) is 5.10 Å². The fourth-order valence-corrected chi connectivity index (χ4v) is 6.63. The van der Waals surface area contributed by atoms with E-state index in [2.05, 4.69) is 60.3 Å². The Bertz CT molecular complexity index is 1390. The lowest BCUT2D eigenvalue weighted by Gasteiger charge is -2.37. The number of rotatable bonds is 6. The number of aryl methyl sites for hydroxylation is 1. The van der Waals surface area contributed by atoms with Crippen LogP contribution in [0.4, 0.5) is 11.5 Å². The topological polar surface area (TPSA) is 93.3 Å². The number of fused-ring (bicyclic) bond motifs is 4. The van der Waals surface area contributed by atoms with E-state index < -0.39 is 0 Å². The van der Waals surface area contributed by atoms with Gasteiger partial charge in [0.15, 0.2) is 0 Å². The van der Waals surface area contributed by atoms with Crippen LogP contribution in [-0.4, -0.2) is 94.1 Å². The monoisotopic (exact) mass is 504 g/mol. The quantitative estimate of drug-likeness (QED) is 0.417. The smallest absolute Gasteiger partial charge is 0.226 e. The molecule has 6 rings (SSSR count). The molecule has 1 saturated heterocycles. The molecule has 1 aliphatic carbocycles. The number of benzene rings is 1. The minimum atomic E-state index is 0.0618. The summed E-state index contributed by atoms with van der Waals surface area (Å²) >= 11 is 1.72. The van der Waals surface area contributed by atoms with E-state index in [1.165, 1.54) is 10.4 Å². The maximum Gasteiger partial charge on any atom is 0.226 e. The minimum Gasteiger partial charge on any atom is -0.340 e. The van der Waals surface area contributed by atoms with Crippen molar-refractivity contribution in [2.45, 2.75) is 19.3 Å². The van der Waals surface area contributed by atoms with Crippen LogP contribution in [0, 0.1) is 5.92 Å². The fourth-order valence-electron chi connectivity index (χ4n) is 5.36. The molecule has 0 spiro atoms. The zero-order valence-corrected chi connectivity index (χ0v) is 21.6. The van der Waals surface area contributed by atoms with E-state index in [1.54, 1.807) is 17.7 Å². The first-order valence-electron chi connectivity index (χ1n) is 12.7. The predicted octanol–water partition coefficient (Wildman–Crippen LogP) is 3.12. The molecule has 1 atom stereocenters. The van der Waals surface area contributed by atoms with E-state index in [0.717, 1.165) is 91.2 Å². The number of nitrogens with zero attached hydrogens (tertiary/aromatic N) is 6. The summed E-state index contributed by atoms with van der Waals surface area (Å²) in [7, 11) is 4.21.